The molecule has 3 unspecified atom stereocenters. The van der Waals surface area contributed by atoms with Crippen LogP contribution in [0, 0.1) is 23.6 Å². The summed E-state index contributed by atoms with van der Waals surface area (Å²) in [6.07, 6.45) is 3.32. The van der Waals surface area contributed by atoms with E-state index in [9.17, 15) is 14.3 Å². The molecule has 1 aliphatic rings. The molecule has 0 bridgehead atoms. The minimum Gasteiger partial charge on any atom is -0.481 e. The number of benzene rings is 1. The first kappa shape index (κ1) is 13.1. The van der Waals surface area contributed by atoms with E-state index in [1.165, 1.54) is 12.1 Å². The molecule has 0 heterocycles. The third-order valence-electron chi connectivity index (χ3n) is 3.95. The van der Waals surface area contributed by atoms with E-state index in [2.05, 4.69) is 6.92 Å². The van der Waals surface area contributed by atoms with Gasteiger partial charge in [0.25, 0.3) is 0 Å². The highest BCUT2D eigenvalue weighted by atomic mass is 19.1. The molecule has 2 rings (SSSR count). The molecular formula is C15H19FO2. The second-order valence-electron chi connectivity index (χ2n) is 5.46. The Morgan fingerprint density at radius 2 is 2.22 bits per heavy atom. The number of hydrogen-bond donors (Lipinski definition) is 1. The Balaban J connectivity index is 2.11. The molecule has 0 amide bonds. The number of aliphatic carboxylic acids is 1. The lowest BCUT2D eigenvalue weighted by Crippen LogP contribution is -2.31. The Bertz CT molecular complexity index is 430. The molecule has 0 spiro atoms. The van der Waals surface area contributed by atoms with Gasteiger partial charge < -0.3 is 5.11 Å². The van der Waals surface area contributed by atoms with Gasteiger partial charge in [0.2, 0.25) is 0 Å². The van der Waals surface area contributed by atoms with Crippen molar-refractivity contribution in [3.8, 4) is 0 Å². The van der Waals surface area contributed by atoms with E-state index >= 15 is 0 Å². The molecule has 0 radical (unpaired) electrons. The standard InChI is InChI=1S/C15H19FO2/c1-10-5-6-14(15(17)18)12(7-10)8-11-3-2-4-13(16)9-11/h2-4,9-10,12,14H,5-8H2,1H3,(H,17,18). The van der Waals surface area contributed by atoms with Crippen molar-refractivity contribution in [1.29, 1.82) is 0 Å². The van der Waals surface area contributed by atoms with E-state index in [4.69, 9.17) is 0 Å². The normalized spacial score (nSPS) is 28.0. The molecular weight excluding hydrogens is 231 g/mol. The van der Waals surface area contributed by atoms with Gasteiger partial charge in [-0.15, -0.1) is 0 Å². The summed E-state index contributed by atoms with van der Waals surface area (Å²) >= 11 is 0. The molecule has 3 atom stereocenters. The van der Waals surface area contributed by atoms with Crippen LogP contribution in [0.4, 0.5) is 4.39 Å². The number of carboxylic acid groups (broad SMARTS) is 1. The first-order chi connectivity index (χ1) is 8.56. The second-order valence-corrected chi connectivity index (χ2v) is 5.46. The lowest BCUT2D eigenvalue weighted by molar-refractivity contribution is -0.145. The molecule has 98 valence electrons. The van der Waals surface area contributed by atoms with Crippen molar-refractivity contribution in [2.24, 2.45) is 17.8 Å². The molecule has 1 N–H and O–H groups in total. The highest BCUT2D eigenvalue weighted by molar-refractivity contribution is 5.70. The van der Waals surface area contributed by atoms with E-state index < -0.39 is 5.97 Å². The Labute approximate surface area is 107 Å². The van der Waals surface area contributed by atoms with Crippen molar-refractivity contribution in [2.45, 2.75) is 32.6 Å². The van der Waals surface area contributed by atoms with Crippen LogP contribution in [0.1, 0.15) is 31.7 Å². The zero-order valence-electron chi connectivity index (χ0n) is 10.6. The largest absolute Gasteiger partial charge is 0.481 e. The van der Waals surface area contributed by atoms with Gasteiger partial charge in [-0.1, -0.05) is 19.1 Å². The van der Waals surface area contributed by atoms with Gasteiger partial charge in [-0.3, -0.25) is 4.79 Å². The minimum atomic E-state index is -0.705. The monoisotopic (exact) mass is 250 g/mol. The fraction of sp³-hybridized carbons (Fsp3) is 0.533. The van der Waals surface area contributed by atoms with Crippen molar-refractivity contribution in [3.05, 3.63) is 35.6 Å². The number of halogens is 1. The summed E-state index contributed by atoms with van der Waals surface area (Å²) in [7, 11) is 0. The molecule has 1 fully saturated rings. The average Bonchev–Trinajstić information content (AvgIpc) is 2.28. The summed E-state index contributed by atoms with van der Waals surface area (Å²) in [5.74, 6) is -0.525. The number of carbonyl (C=O) groups is 1. The smallest absolute Gasteiger partial charge is 0.306 e. The van der Waals surface area contributed by atoms with E-state index in [1.807, 2.05) is 6.07 Å². The van der Waals surface area contributed by atoms with E-state index in [1.54, 1.807) is 6.07 Å². The molecule has 3 heteroatoms. The van der Waals surface area contributed by atoms with Crippen LogP contribution in [-0.4, -0.2) is 11.1 Å². The highest BCUT2D eigenvalue weighted by Gasteiger charge is 2.33. The predicted molar refractivity (Wildman–Crippen MR) is 67.7 cm³/mol. The third-order valence-corrected chi connectivity index (χ3v) is 3.95. The Kier molecular flexibility index (Phi) is 4.00. The van der Waals surface area contributed by atoms with Gasteiger partial charge in [-0.2, -0.15) is 0 Å². The van der Waals surface area contributed by atoms with E-state index in [0.717, 1.165) is 24.8 Å². The second kappa shape index (κ2) is 5.51. The van der Waals surface area contributed by atoms with Crippen molar-refractivity contribution in [2.75, 3.05) is 0 Å². The maximum absolute atomic E-state index is 13.1. The van der Waals surface area contributed by atoms with Gasteiger partial charge in [0.05, 0.1) is 5.92 Å². The fourth-order valence-corrected chi connectivity index (χ4v) is 3.02. The van der Waals surface area contributed by atoms with Gasteiger partial charge in [0, 0.05) is 0 Å². The molecule has 0 aromatic heterocycles. The number of carboxylic acids is 1. The molecule has 0 saturated heterocycles. The van der Waals surface area contributed by atoms with Crippen molar-refractivity contribution in [3.63, 3.8) is 0 Å². The van der Waals surface area contributed by atoms with Crippen molar-refractivity contribution in [1.82, 2.24) is 0 Å². The molecule has 18 heavy (non-hydrogen) atoms. The Morgan fingerprint density at radius 1 is 1.44 bits per heavy atom. The lowest BCUT2D eigenvalue weighted by Gasteiger charge is -2.32. The molecule has 1 aliphatic carbocycles. The maximum atomic E-state index is 13.1. The van der Waals surface area contributed by atoms with Crippen LogP contribution < -0.4 is 0 Å². The quantitative estimate of drug-likeness (QED) is 0.891. The predicted octanol–water partition coefficient (Wildman–Crippen LogP) is 3.51. The lowest BCUT2D eigenvalue weighted by atomic mass is 9.72. The molecule has 2 nitrogen and oxygen atoms in total. The number of rotatable bonds is 3. The topological polar surface area (TPSA) is 37.3 Å². The summed E-state index contributed by atoms with van der Waals surface area (Å²) in [6, 6.07) is 6.49. The van der Waals surface area contributed by atoms with Crippen LogP contribution in [0.3, 0.4) is 0 Å². The first-order valence-corrected chi connectivity index (χ1v) is 6.53. The van der Waals surface area contributed by atoms with Crippen LogP contribution in [-0.2, 0) is 11.2 Å². The van der Waals surface area contributed by atoms with Gasteiger partial charge in [-0.25, -0.2) is 4.39 Å². The van der Waals surface area contributed by atoms with Crippen molar-refractivity contribution >= 4 is 5.97 Å². The zero-order chi connectivity index (χ0) is 13.1. The fourth-order valence-electron chi connectivity index (χ4n) is 3.02. The SMILES string of the molecule is CC1CCC(C(=O)O)C(Cc2cccc(F)c2)C1. The van der Waals surface area contributed by atoms with Crippen LogP contribution in [0.5, 0.6) is 0 Å². The van der Waals surface area contributed by atoms with Gasteiger partial charge in [0.1, 0.15) is 5.82 Å². The Morgan fingerprint density at radius 3 is 2.89 bits per heavy atom. The van der Waals surface area contributed by atoms with Gasteiger partial charge in [-0.05, 0) is 55.2 Å². The minimum absolute atomic E-state index is 0.132. The number of hydrogen-bond acceptors (Lipinski definition) is 1. The molecule has 1 aromatic carbocycles. The zero-order valence-corrected chi connectivity index (χ0v) is 10.6. The average molecular weight is 250 g/mol. The third kappa shape index (κ3) is 3.09. The summed E-state index contributed by atoms with van der Waals surface area (Å²) in [4.78, 5) is 11.3. The van der Waals surface area contributed by atoms with Crippen molar-refractivity contribution < 1.29 is 14.3 Å². The van der Waals surface area contributed by atoms with Crippen LogP contribution >= 0.6 is 0 Å². The van der Waals surface area contributed by atoms with Crippen LogP contribution in [0.25, 0.3) is 0 Å². The maximum Gasteiger partial charge on any atom is 0.306 e. The van der Waals surface area contributed by atoms with Crippen LogP contribution in [0.2, 0.25) is 0 Å². The van der Waals surface area contributed by atoms with Crippen LogP contribution in [0.15, 0.2) is 24.3 Å². The first-order valence-electron chi connectivity index (χ1n) is 6.53. The van der Waals surface area contributed by atoms with Gasteiger partial charge >= 0.3 is 5.97 Å². The Hall–Kier alpha value is -1.38. The van der Waals surface area contributed by atoms with E-state index in [0.29, 0.717) is 12.3 Å². The van der Waals surface area contributed by atoms with E-state index in [-0.39, 0.29) is 17.7 Å². The summed E-state index contributed by atoms with van der Waals surface area (Å²) in [5.41, 5.74) is 0.903. The molecule has 1 saturated carbocycles. The highest BCUT2D eigenvalue weighted by Crippen LogP contribution is 2.36. The summed E-state index contributed by atoms with van der Waals surface area (Å²) in [5, 5.41) is 9.25. The van der Waals surface area contributed by atoms with Gasteiger partial charge in [0.15, 0.2) is 0 Å². The summed E-state index contributed by atoms with van der Waals surface area (Å²) < 4.78 is 13.1. The molecule has 0 aliphatic heterocycles. The molecule has 1 aromatic rings. The summed E-state index contributed by atoms with van der Waals surface area (Å²) in [6.45, 7) is 2.16.